The lowest BCUT2D eigenvalue weighted by Crippen LogP contribution is -2.41. The van der Waals surface area contributed by atoms with E-state index in [2.05, 4.69) is 10.3 Å². The minimum Gasteiger partial charge on any atom is -0.310 e. The number of carbonyl (C=O) groups excluding carboxylic acids is 1. The Balaban J connectivity index is 1.26. The van der Waals surface area contributed by atoms with Gasteiger partial charge in [-0.2, -0.15) is 4.31 Å². The summed E-state index contributed by atoms with van der Waals surface area (Å²) < 4.78 is 29.8. The first-order valence-corrected chi connectivity index (χ1v) is 12.8. The summed E-state index contributed by atoms with van der Waals surface area (Å²) in [5.74, 6) is 0.225. The number of benzene rings is 2. The van der Waals surface area contributed by atoms with Gasteiger partial charge in [0.05, 0.1) is 15.9 Å². The van der Waals surface area contributed by atoms with Gasteiger partial charge in [-0.05, 0) is 74.4 Å². The Hall–Kier alpha value is -2.71. The van der Waals surface area contributed by atoms with Crippen molar-refractivity contribution in [1.82, 2.24) is 13.9 Å². The molecule has 5 rings (SSSR count). The highest BCUT2D eigenvalue weighted by Crippen LogP contribution is 2.29. The maximum atomic E-state index is 13.1. The molecule has 0 atom stereocenters. The second-order valence-corrected chi connectivity index (χ2v) is 10.6. The number of para-hydroxylation sites is 2. The summed E-state index contributed by atoms with van der Waals surface area (Å²) in [6.45, 7) is 3.42. The normalized spacial score (nSPS) is 17.5. The molecule has 32 heavy (non-hydrogen) atoms. The number of sulfonamides is 1. The van der Waals surface area contributed by atoms with E-state index in [9.17, 15) is 13.2 Å². The van der Waals surface area contributed by atoms with Gasteiger partial charge in [-0.3, -0.25) is 10.1 Å². The Morgan fingerprint density at radius 1 is 1.09 bits per heavy atom. The van der Waals surface area contributed by atoms with E-state index in [-0.39, 0.29) is 11.8 Å². The first-order chi connectivity index (χ1) is 15.5. The van der Waals surface area contributed by atoms with Crippen molar-refractivity contribution in [3.05, 3.63) is 53.6 Å². The highest BCUT2D eigenvalue weighted by molar-refractivity contribution is 7.89. The summed E-state index contributed by atoms with van der Waals surface area (Å²) >= 11 is 0. The number of nitrogens with zero attached hydrogens (tertiary/aromatic N) is 3. The predicted octanol–water partition coefficient (Wildman–Crippen LogP) is 3.58. The van der Waals surface area contributed by atoms with Crippen LogP contribution in [0.2, 0.25) is 0 Å². The third-order valence-corrected chi connectivity index (χ3v) is 8.63. The highest BCUT2D eigenvalue weighted by Gasteiger charge is 2.33. The van der Waals surface area contributed by atoms with Crippen LogP contribution in [-0.2, 0) is 34.2 Å². The summed E-state index contributed by atoms with van der Waals surface area (Å²) in [6.07, 6.45) is 4.07. The van der Waals surface area contributed by atoms with E-state index in [1.54, 1.807) is 6.07 Å². The summed E-state index contributed by atoms with van der Waals surface area (Å²) in [7, 11) is -3.53. The SMILES string of the molecule is CCn1c(NC(=O)C2CCN(S(=O)(=O)c3ccc4c(c3)CCC4)CC2)nc2ccccc21. The van der Waals surface area contributed by atoms with Gasteiger partial charge in [-0.25, -0.2) is 13.4 Å². The lowest BCUT2D eigenvalue weighted by Gasteiger charge is -2.30. The van der Waals surface area contributed by atoms with E-state index in [1.165, 1.54) is 9.87 Å². The number of fused-ring (bicyclic) bond motifs is 2. The Morgan fingerprint density at radius 3 is 2.62 bits per heavy atom. The van der Waals surface area contributed by atoms with E-state index >= 15 is 0 Å². The molecule has 1 aromatic heterocycles. The molecule has 1 fully saturated rings. The van der Waals surface area contributed by atoms with Crippen molar-refractivity contribution in [1.29, 1.82) is 0 Å². The lowest BCUT2D eigenvalue weighted by atomic mass is 9.97. The maximum absolute atomic E-state index is 13.1. The second-order valence-electron chi connectivity index (χ2n) is 8.62. The summed E-state index contributed by atoms with van der Waals surface area (Å²) in [5.41, 5.74) is 4.25. The van der Waals surface area contributed by atoms with Gasteiger partial charge in [-0.1, -0.05) is 18.2 Å². The molecule has 2 aliphatic rings. The van der Waals surface area contributed by atoms with Crippen LogP contribution in [0.15, 0.2) is 47.4 Å². The van der Waals surface area contributed by atoms with Gasteiger partial charge < -0.3 is 4.57 Å². The van der Waals surface area contributed by atoms with Gasteiger partial charge in [0.1, 0.15) is 0 Å². The quantitative estimate of drug-likeness (QED) is 0.641. The van der Waals surface area contributed by atoms with Crippen LogP contribution in [0.25, 0.3) is 11.0 Å². The van der Waals surface area contributed by atoms with Gasteiger partial charge >= 0.3 is 0 Å². The van der Waals surface area contributed by atoms with Gasteiger partial charge in [-0.15, -0.1) is 0 Å². The third-order valence-electron chi connectivity index (χ3n) is 6.74. The molecule has 0 bridgehead atoms. The largest absolute Gasteiger partial charge is 0.310 e. The number of carbonyl (C=O) groups is 1. The average Bonchev–Trinajstić information content (AvgIpc) is 3.42. The van der Waals surface area contributed by atoms with Crippen LogP contribution in [0.1, 0.15) is 37.3 Å². The molecule has 1 saturated heterocycles. The van der Waals surface area contributed by atoms with Crippen LogP contribution in [-0.4, -0.2) is 41.3 Å². The lowest BCUT2D eigenvalue weighted by molar-refractivity contribution is -0.121. The molecule has 7 nitrogen and oxygen atoms in total. The van der Waals surface area contributed by atoms with Crippen molar-refractivity contribution in [2.24, 2.45) is 5.92 Å². The first kappa shape index (κ1) is 21.2. The van der Waals surface area contributed by atoms with Crippen molar-refractivity contribution in [2.45, 2.75) is 50.5 Å². The highest BCUT2D eigenvalue weighted by atomic mass is 32.2. The van der Waals surface area contributed by atoms with E-state index in [0.29, 0.717) is 43.3 Å². The number of hydrogen-bond acceptors (Lipinski definition) is 4. The van der Waals surface area contributed by atoms with Gasteiger partial charge in [0, 0.05) is 25.6 Å². The van der Waals surface area contributed by atoms with Crippen LogP contribution in [0.4, 0.5) is 5.95 Å². The molecule has 0 spiro atoms. The van der Waals surface area contributed by atoms with Crippen LogP contribution in [0.5, 0.6) is 0 Å². The number of anilines is 1. The van der Waals surface area contributed by atoms with Crippen LogP contribution < -0.4 is 5.32 Å². The molecule has 0 radical (unpaired) electrons. The Kier molecular flexibility index (Phi) is 5.51. The minimum atomic E-state index is -3.53. The zero-order valence-corrected chi connectivity index (χ0v) is 19.1. The zero-order valence-electron chi connectivity index (χ0n) is 18.3. The number of hydrogen-bond donors (Lipinski definition) is 1. The number of piperidine rings is 1. The van der Waals surface area contributed by atoms with E-state index in [1.807, 2.05) is 47.9 Å². The van der Waals surface area contributed by atoms with Crippen LogP contribution >= 0.6 is 0 Å². The zero-order chi connectivity index (χ0) is 22.3. The number of imidazole rings is 1. The molecule has 0 saturated carbocycles. The summed E-state index contributed by atoms with van der Waals surface area (Å²) in [4.78, 5) is 17.9. The molecule has 2 heterocycles. The smallest absolute Gasteiger partial charge is 0.243 e. The minimum absolute atomic E-state index is 0.0930. The van der Waals surface area contributed by atoms with Gasteiger partial charge in [0.2, 0.25) is 21.9 Å². The third kappa shape index (κ3) is 3.71. The predicted molar refractivity (Wildman–Crippen MR) is 124 cm³/mol. The standard InChI is InChI=1S/C24H28N4O3S/c1-2-28-22-9-4-3-8-21(22)25-24(28)26-23(29)18-12-14-27(15-13-18)32(30,31)20-11-10-17-6-5-7-19(17)16-20/h3-4,8-11,16,18H,2,5-7,12-15H2,1H3,(H,25,26,29). The fourth-order valence-corrected chi connectivity index (χ4v) is 6.44. The molecule has 0 unspecified atom stereocenters. The van der Waals surface area contributed by atoms with Crippen LogP contribution in [0, 0.1) is 5.92 Å². The molecule has 3 aromatic rings. The number of amides is 1. The summed E-state index contributed by atoms with van der Waals surface area (Å²) in [6, 6.07) is 13.3. The van der Waals surface area contributed by atoms with Crippen molar-refractivity contribution < 1.29 is 13.2 Å². The number of aryl methyl sites for hydroxylation is 3. The Morgan fingerprint density at radius 2 is 1.84 bits per heavy atom. The molecule has 2 aromatic carbocycles. The number of aromatic nitrogens is 2. The van der Waals surface area contributed by atoms with E-state index in [4.69, 9.17) is 0 Å². The van der Waals surface area contributed by atoms with Gasteiger partial charge in [0.25, 0.3) is 0 Å². The molecule has 1 aliphatic heterocycles. The maximum Gasteiger partial charge on any atom is 0.243 e. The van der Waals surface area contributed by atoms with Crippen molar-refractivity contribution >= 4 is 32.9 Å². The molecular weight excluding hydrogens is 424 g/mol. The first-order valence-electron chi connectivity index (χ1n) is 11.4. The van der Waals surface area contributed by atoms with E-state index < -0.39 is 10.0 Å². The fraction of sp³-hybridized carbons (Fsp3) is 0.417. The average molecular weight is 453 g/mol. The second kappa shape index (κ2) is 8.33. The fourth-order valence-electron chi connectivity index (χ4n) is 4.92. The summed E-state index contributed by atoms with van der Waals surface area (Å²) in [5, 5.41) is 2.98. The topological polar surface area (TPSA) is 84.3 Å². The molecule has 8 heteroatoms. The van der Waals surface area contributed by atoms with Gasteiger partial charge in [0.15, 0.2) is 0 Å². The molecular formula is C24H28N4O3S. The molecule has 168 valence electrons. The molecule has 1 N–H and O–H groups in total. The molecule has 1 aliphatic carbocycles. The van der Waals surface area contributed by atoms with Crippen LogP contribution in [0.3, 0.4) is 0 Å². The van der Waals surface area contributed by atoms with Crippen molar-refractivity contribution in [3.63, 3.8) is 0 Å². The number of rotatable bonds is 5. The molecule has 1 amide bonds. The number of nitrogens with one attached hydrogen (secondary N) is 1. The van der Waals surface area contributed by atoms with E-state index in [0.717, 1.165) is 35.9 Å². The Bertz CT molecular complexity index is 1270. The Labute approximate surface area is 188 Å². The monoisotopic (exact) mass is 452 g/mol. The van der Waals surface area contributed by atoms with Crippen molar-refractivity contribution in [3.8, 4) is 0 Å². The van der Waals surface area contributed by atoms with Crippen molar-refractivity contribution in [2.75, 3.05) is 18.4 Å².